The third-order valence-electron chi connectivity index (χ3n) is 8.31. The number of carboxylic acid groups (broad SMARTS) is 1. The van der Waals surface area contributed by atoms with Crippen LogP contribution < -0.4 is 14.2 Å². The molecule has 4 aromatic carbocycles. The molecule has 242 valence electrons. The summed E-state index contributed by atoms with van der Waals surface area (Å²) in [7, 11) is 1.46. The number of hydrogen-bond donors (Lipinski definition) is 1. The third-order valence-corrected chi connectivity index (χ3v) is 9.69. The Morgan fingerprint density at radius 1 is 0.872 bits per heavy atom. The SMILES string of the molecule is COc1cc(C(=O)O)ccc1OCCCN1C(=O)/C(=C/c2cc(-c3ccc4ccccc4c3)ccc2OCCN2CCCC2)SC1=S. The molecular weight excluding hydrogens is 633 g/mol. The number of amides is 1. The molecule has 0 saturated carbocycles. The highest BCUT2D eigenvalue weighted by molar-refractivity contribution is 8.26. The van der Waals surface area contributed by atoms with Gasteiger partial charge in [-0.15, -0.1) is 0 Å². The van der Waals surface area contributed by atoms with Crippen LogP contribution in [0.5, 0.6) is 17.2 Å². The van der Waals surface area contributed by atoms with Crippen molar-refractivity contribution < 1.29 is 28.9 Å². The van der Waals surface area contributed by atoms with E-state index in [1.54, 1.807) is 11.0 Å². The standard InChI is InChI=1S/C37H36N2O6S2/c1-43-33-23-29(36(41)42)12-14-32(33)44-19-6-17-39-35(40)34(47-37(39)46)24-30-22-28(27-10-9-25-7-2-3-8-26(25)21-27)11-13-31(30)45-20-18-38-15-4-5-16-38/h2-3,7-14,21-24H,4-6,15-20H2,1H3,(H,41,42)/b34-24-. The van der Waals surface area contributed by atoms with Gasteiger partial charge in [0.2, 0.25) is 0 Å². The van der Waals surface area contributed by atoms with E-state index in [2.05, 4.69) is 47.4 Å². The number of fused-ring (bicyclic) bond motifs is 1. The lowest BCUT2D eigenvalue weighted by Crippen LogP contribution is -2.30. The van der Waals surface area contributed by atoms with E-state index in [-0.39, 0.29) is 11.5 Å². The van der Waals surface area contributed by atoms with Crippen molar-refractivity contribution in [1.82, 2.24) is 9.80 Å². The number of carbonyl (C=O) groups is 2. The van der Waals surface area contributed by atoms with E-state index in [9.17, 15) is 14.7 Å². The molecule has 2 fully saturated rings. The quantitative estimate of drug-likeness (QED) is 0.0892. The normalized spacial score (nSPS) is 15.9. The fraction of sp³-hybridized carbons (Fsp3) is 0.270. The predicted molar refractivity (Wildman–Crippen MR) is 190 cm³/mol. The van der Waals surface area contributed by atoms with Gasteiger partial charge in [0.1, 0.15) is 16.7 Å². The van der Waals surface area contributed by atoms with E-state index < -0.39 is 5.97 Å². The van der Waals surface area contributed by atoms with Crippen molar-refractivity contribution in [3.8, 4) is 28.4 Å². The van der Waals surface area contributed by atoms with Gasteiger partial charge < -0.3 is 19.3 Å². The molecule has 0 radical (unpaired) electrons. The largest absolute Gasteiger partial charge is 0.493 e. The number of benzene rings is 4. The van der Waals surface area contributed by atoms with Crippen LogP contribution in [0.2, 0.25) is 0 Å². The maximum absolute atomic E-state index is 13.6. The summed E-state index contributed by atoms with van der Waals surface area (Å²) in [6, 6.07) is 25.3. The van der Waals surface area contributed by atoms with E-state index in [1.165, 1.54) is 49.2 Å². The van der Waals surface area contributed by atoms with Crippen LogP contribution in [0.1, 0.15) is 35.2 Å². The second-order valence-electron chi connectivity index (χ2n) is 11.4. The third kappa shape index (κ3) is 7.78. The van der Waals surface area contributed by atoms with Crippen molar-refractivity contribution in [2.24, 2.45) is 0 Å². The molecule has 8 nitrogen and oxygen atoms in total. The molecule has 0 bridgehead atoms. The molecule has 0 spiro atoms. The monoisotopic (exact) mass is 668 g/mol. The molecule has 1 N–H and O–H groups in total. The zero-order valence-electron chi connectivity index (χ0n) is 26.1. The topological polar surface area (TPSA) is 88.5 Å². The van der Waals surface area contributed by atoms with Gasteiger partial charge in [0.05, 0.1) is 24.2 Å². The Balaban J connectivity index is 1.17. The van der Waals surface area contributed by atoms with Crippen molar-refractivity contribution in [2.45, 2.75) is 19.3 Å². The Kier molecular flexibility index (Phi) is 10.4. The lowest BCUT2D eigenvalue weighted by Gasteiger charge is -2.17. The summed E-state index contributed by atoms with van der Waals surface area (Å²) in [5.41, 5.74) is 3.07. The minimum Gasteiger partial charge on any atom is -0.493 e. The first kappa shape index (κ1) is 32.6. The molecule has 2 heterocycles. The van der Waals surface area contributed by atoms with Gasteiger partial charge in [0.25, 0.3) is 5.91 Å². The summed E-state index contributed by atoms with van der Waals surface area (Å²) in [5, 5.41) is 11.6. The molecule has 2 saturated heterocycles. The number of hydrogen-bond acceptors (Lipinski definition) is 8. The molecule has 0 aromatic heterocycles. The van der Waals surface area contributed by atoms with Gasteiger partial charge in [-0.3, -0.25) is 14.6 Å². The summed E-state index contributed by atoms with van der Waals surface area (Å²) in [6.07, 6.45) is 4.87. The Bertz CT molecular complexity index is 1840. The molecule has 4 aromatic rings. The van der Waals surface area contributed by atoms with Gasteiger partial charge in [-0.25, -0.2) is 4.79 Å². The lowest BCUT2D eigenvalue weighted by atomic mass is 9.99. The van der Waals surface area contributed by atoms with Gasteiger partial charge in [-0.1, -0.05) is 66.4 Å². The number of thioether (sulfide) groups is 1. The van der Waals surface area contributed by atoms with Crippen LogP contribution in [0.4, 0.5) is 0 Å². The minimum absolute atomic E-state index is 0.113. The number of carbonyl (C=O) groups excluding carboxylic acids is 1. The van der Waals surface area contributed by atoms with E-state index in [0.29, 0.717) is 46.9 Å². The highest BCUT2D eigenvalue weighted by Gasteiger charge is 2.32. The molecule has 47 heavy (non-hydrogen) atoms. The molecule has 0 unspecified atom stereocenters. The predicted octanol–water partition coefficient (Wildman–Crippen LogP) is 7.36. The smallest absolute Gasteiger partial charge is 0.335 e. The second-order valence-corrected chi connectivity index (χ2v) is 13.1. The van der Waals surface area contributed by atoms with Crippen molar-refractivity contribution in [3.63, 3.8) is 0 Å². The second kappa shape index (κ2) is 15.0. The van der Waals surface area contributed by atoms with Crippen LogP contribution in [-0.4, -0.2) is 77.6 Å². The lowest BCUT2D eigenvalue weighted by molar-refractivity contribution is -0.122. The maximum Gasteiger partial charge on any atom is 0.335 e. The van der Waals surface area contributed by atoms with Crippen molar-refractivity contribution in [2.75, 3.05) is 46.5 Å². The Morgan fingerprint density at radius 2 is 1.60 bits per heavy atom. The zero-order valence-corrected chi connectivity index (χ0v) is 27.8. The first-order valence-corrected chi connectivity index (χ1v) is 16.9. The van der Waals surface area contributed by atoms with Gasteiger partial charge in [-0.05, 0) is 96.7 Å². The number of aromatic carboxylic acids is 1. The molecular formula is C37H36N2O6S2. The van der Waals surface area contributed by atoms with Gasteiger partial charge in [-0.2, -0.15) is 0 Å². The number of carboxylic acids is 1. The maximum atomic E-state index is 13.6. The van der Waals surface area contributed by atoms with Gasteiger partial charge in [0.15, 0.2) is 11.5 Å². The van der Waals surface area contributed by atoms with Crippen LogP contribution in [-0.2, 0) is 4.79 Å². The summed E-state index contributed by atoms with van der Waals surface area (Å²) in [4.78, 5) is 29.4. The zero-order chi connectivity index (χ0) is 32.8. The number of likely N-dealkylation sites (tertiary alicyclic amines) is 1. The Labute approximate surface area is 283 Å². The number of ether oxygens (including phenoxy) is 3. The molecule has 0 atom stereocenters. The van der Waals surface area contributed by atoms with E-state index in [4.69, 9.17) is 26.4 Å². The number of thiocarbonyl (C=S) groups is 1. The highest BCUT2D eigenvalue weighted by atomic mass is 32.2. The molecule has 2 aliphatic heterocycles. The average Bonchev–Trinajstić information content (AvgIpc) is 3.70. The van der Waals surface area contributed by atoms with Crippen LogP contribution >= 0.6 is 24.0 Å². The van der Waals surface area contributed by atoms with Crippen LogP contribution in [0.15, 0.2) is 83.8 Å². The van der Waals surface area contributed by atoms with E-state index in [1.807, 2.05) is 24.3 Å². The summed E-state index contributed by atoms with van der Waals surface area (Å²) in [5.74, 6) is 0.311. The van der Waals surface area contributed by atoms with Crippen molar-refractivity contribution >= 4 is 57.0 Å². The number of methoxy groups -OCH3 is 1. The number of rotatable bonds is 13. The van der Waals surface area contributed by atoms with Crippen LogP contribution in [0.25, 0.3) is 28.0 Å². The fourth-order valence-corrected chi connectivity index (χ4v) is 7.09. The number of nitrogens with zero attached hydrogens (tertiary/aromatic N) is 2. The summed E-state index contributed by atoms with van der Waals surface area (Å²) in [6.45, 7) is 4.33. The molecule has 6 rings (SSSR count). The highest BCUT2D eigenvalue weighted by Crippen LogP contribution is 2.36. The van der Waals surface area contributed by atoms with Gasteiger partial charge in [0, 0.05) is 18.7 Å². The van der Waals surface area contributed by atoms with Crippen molar-refractivity contribution in [1.29, 1.82) is 0 Å². The van der Waals surface area contributed by atoms with E-state index >= 15 is 0 Å². The van der Waals surface area contributed by atoms with E-state index in [0.717, 1.165) is 47.5 Å². The minimum atomic E-state index is -1.04. The van der Waals surface area contributed by atoms with Crippen LogP contribution in [0.3, 0.4) is 0 Å². The first-order valence-electron chi connectivity index (χ1n) is 15.7. The van der Waals surface area contributed by atoms with Crippen LogP contribution in [0, 0.1) is 0 Å². The molecule has 10 heteroatoms. The molecule has 1 amide bonds. The summed E-state index contributed by atoms with van der Waals surface area (Å²) < 4.78 is 17.9. The van der Waals surface area contributed by atoms with Gasteiger partial charge >= 0.3 is 5.97 Å². The Morgan fingerprint density at radius 3 is 2.38 bits per heavy atom. The Hall–Kier alpha value is -4.38. The molecule has 2 aliphatic rings. The van der Waals surface area contributed by atoms with Crippen molar-refractivity contribution in [3.05, 3.63) is 94.9 Å². The summed E-state index contributed by atoms with van der Waals surface area (Å²) >= 11 is 6.90. The average molecular weight is 669 g/mol. The first-order chi connectivity index (χ1) is 22.9. The molecule has 0 aliphatic carbocycles. The fourth-order valence-electron chi connectivity index (χ4n) is 5.79.